The normalized spacial score (nSPS) is 18.9. The quantitative estimate of drug-likeness (QED) is 0.904. The Bertz CT molecular complexity index is 451. The molecule has 0 aromatic heterocycles. The number of methoxy groups -OCH3 is 1. The summed E-state index contributed by atoms with van der Waals surface area (Å²) in [5, 5.41) is 3.16. The standard InChI is InChI=1S/C15H22N2O2/c1-15(8-10-17(2)11-9-15)16-14(18)12-6-4-5-7-13(12)19-3/h4-7H,8-11H2,1-3H3,(H,16,18). The van der Waals surface area contributed by atoms with Gasteiger partial charge in [-0.25, -0.2) is 0 Å². The minimum absolute atomic E-state index is 0.0514. The van der Waals surface area contributed by atoms with E-state index in [4.69, 9.17) is 4.74 Å². The van der Waals surface area contributed by atoms with Crippen LogP contribution in [0.3, 0.4) is 0 Å². The van der Waals surface area contributed by atoms with E-state index in [1.807, 2.05) is 18.2 Å². The summed E-state index contributed by atoms with van der Waals surface area (Å²) in [5.74, 6) is 0.570. The average Bonchev–Trinajstić information content (AvgIpc) is 2.42. The number of piperidine rings is 1. The zero-order valence-electron chi connectivity index (χ0n) is 11.9. The van der Waals surface area contributed by atoms with Gasteiger partial charge in [0.25, 0.3) is 5.91 Å². The van der Waals surface area contributed by atoms with Crippen LogP contribution in [0, 0.1) is 0 Å². The Balaban J connectivity index is 2.08. The topological polar surface area (TPSA) is 41.6 Å². The molecule has 2 rings (SSSR count). The van der Waals surface area contributed by atoms with Crippen LogP contribution in [0.5, 0.6) is 5.75 Å². The van der Waals surface area contributed by atoms with Crippen molar-refractivity contribution in [3.63, 3.8) is 0 Å². The van der Waals surface area contributed by atoms with Crippen molar-refractivity contribution >= 4 is 5.91 Å². The van der Waals surface area contributed by atoms with Gasteiger partial charge in [-0.2, -0.15) is 0 Å². The van der Waals surface area contributed by atoms with E-state index in [9.17, 15) is 4.79 Å². The van der Waals surface area contributed by atoms with Gasteiger partial charge in [0.05, 0.1) is 12.7 Å². The molecule has 0 saturated carbocycles. The minimum atomic E-state index is -0.121. The molecular weight excluding hydrogens is 240 g/mol. The molecule has 0 unspecified atom stereocenters. The summed E-state index contributed by atoms with van der Waals surface area (Å²) in [5.41, 5.74) is 0.481. The van der Waals surface area contributed by atoms with Crippen molar-refractivity contribution < 1.29 is 9.53 Å². The predicted octanol–water partition coefficient (Wildman–Crippen LogP) is 1.91. The second-order valence-corrected chi connectivity index (χ2v) is 5.52. The van der Waals surface area contributed by atoms with Gasteiger partial charge < -0.3 is 15.0 Å². The van der Waals surface area contributed by atoms with Gasteiger partial charge in [-0.15, -0.1) is 0 Å². The van der Waals surface area contributed by atoms with Gasteiger partial charge in [-0.3, -0.25) is 4.79 Å². The van der Waals surface area contributed by atoms with Gasteiger partial charge in [-0.05, 0) is 38.9 Å². The first-order valence-corrected chi connectivity index (χ1v) is 6.68. The number of hydrogen-bond acceptors (Lipinski definition) is 3. The summed E-state index contributed by atoms with van der Waals surface area (Å²) in [6, 6.07) is 7.33. The van der Waals surface area contributed by atoms with E-state index in [0.29, 0.717) is 11.3 Å². The molecule has 0 aliphatic carbocycles. The lowest BCUT2D eigenvalue weighted by atomic mass is 9.89. The Morgan fingerprint density at radius 2 is 1.95 bits per heavy atom. The maximum atomic E-state index is 12.4. The molecule has 1 heterocycles. The monoisotopic (exact) mass is 262 g/mol. The molecule has 0 radical (unpaired) electrons. The maximum absolute atomic E-state index is 12.4. The zero-order chi connectivity index (χ0) is 13.9. The number of carbonyl (C=O) groups excluding carboxylic acids is 1. The van der Waals surface area contributed by atoms with Crippen LogP contribution in [0.1, 0.15) is 30.1 Å². The van der Waals surface area contributed by atoms with Crippen molar-refractivity contribution in [3.8, 4) is 5.75 Å². The highest BCUT2D eigenvalue weighted by molar-refractivity contribution is 5.97. The Labute approximate surface area is 114 Å². The predicted molar refractivity (Wildman–Crippen MR) is 75.6 cm³/mol. The lowest BCUT2D eigenvalue weighted by molar-refractivity contribution is 0.0849. The van der Waals surface area contributed by atoms with Crippen molar-refractivity contribution in [1.82, 2.24) is 10.2 Å². The third-order valence-electron chi connectivity index (χ3n) is 3.86. The van der Waals surface area contributed by atoms with E-state index in [-0.39, 0.29) is 11.4 Å². The van der Waals surface area contributed by atoms with Crippen molar-refractivity contribution in [2.24, 2.45) is 0 Å². The highest BCUT2D eigenvalue weighted by Crippen LogP contribution is 2.23. The molecule has 1 aromatic carbocycles. The number of amides is 1. The molecule has 4 heteroatoms. The number of carbonyl (C=O) groups is 1. The second kappa shape index (κ2) is 5.61. The van der Waals surface area contributed by atoms with E-state index in [2.05, 4.69) is 24.2 Å². The number of nitrogens with one attached hydrogen (secondary N) is 1. The second-order valence-electron chi connectivity index (χ2n) is 5.52. The van der Waals surface area contributed by atoms with Gasteiger partial charge in [0.1, 0.15) is 5.75 Å². The Hall–Kier alpha value is -1.55. The molecule has 1 amide bonds. The van der Waals surface area contributed by atoms with Crippen LogP contribution in [0.25, 0.3) is 0 Å². The molecule has 4 nitrogen and oxygen atoms in total. The van der Waals surface area contributed by atoms with Crippen molar-refractivity contribution in [2.45, 2.75) is 25.3 Å². The molecule has 1 fully saturated rings. The van der Waals surface area contributed by atoms with Crippen molar-refractivity contribution in [3.05, 3.63) is 29.8 Å². The maximum Gasteiger partial charge on any atom is 0.255 e. The van der Waals surface area contributed by atoms with Crippen molar-refractivity contribution in [2.75, 3.05) is 27.2 Å². The Morgan fingerprint density at radius 1 is 1.32 bits per heavy atom. The molecule has 1 aliphatic rings. The number of ether oxygens (including phenoxy) is 1. The van der Waals surface area contributed by atoms with Crippen LogP contribution in [-0.4, -0.2) is 43.6 Å². The number of nitrogens with zero attached hydrogens (tertiary/aromatic N) is 1. The minimum Gasteiger partial charge on any atom is -0.496 e. The zero-order valence-corrected chi connectivity index (χ0v) is 11.9. The van der Waals surface area contributed by atoms with Crippen LogP contribution < -0.4 is 10.1 Å². The number of para-hydroxylation sites is 1. The Morgan fingerprint density at radius 3 is 2.58 bits per heavy atom. The number of hydrogen-bond donors (Lipinski definition) is 1. The van der Waals surface area contributed by atoms with Crippen LogP contribution in [0.15, 0.2) is 24.3 Å². The van der Waals surface area contributed by atoms with E-state index in [0.717, 1.165) is 25.9 Å². The summed E-state index contributed by atoms with van der Waals surface area (Å²) >= 11 is 0. The number of likely N-dealkylation sites (tertiary alicyclic amines) is 1. The molecule has 1 saturated heterocycles. The highest BCUT2D eigenvalue weighted by atomic mass is 16.5. The van der Waals surface area contributed by atoms with Gasteiger partial charge in [0.2, 0.25) is 0 Å². The SMILES string of the molecule is COc1ccccc1C(=O)NC1(C)CCN(C)CC1. The highest BCUT2D eigenvalue weighted by Gasteiger charge is 2.31. The van der Waals surface area contributed by atoms with E-state index in [1.165, 1.54) is 0 Å². The fraction of sp³-hybridized carbons (Fsp3) is 0.533. The summed E-state index contributed by atoms with van der Waals surface area (Å²) in [7, 11) is 3.70. The summed E-state index contributed by atoms with van der Waals surface area (Å²) in [6.07, 6.45) is 1.95. The summed E-state index contributed by atoms with van der Waals surface area (Å²) < 4.78 is 5.24. The molecule has 0 spiro atoms. The first-order valence-electron chi connectivity index (χ1n) is 6.68. The molecule has 1 N–H and O–H groups in total. The van der Waals surface area contributed by atoms with E-state index in [1.54, 1.807) is 13.2 Å². The van der Waals surface area contributed by atoms with Gasteiger partial charge in [0.15, 0.2) is 0 Å². The Kier molecular flexibility index (Phi) is 4.10. The van der Waals surface area contributed by atoms with Gasteiger partial charge >= 0.3 is 0 Å². The number of rotatable bonds is 3. The lowest BCUT2D eigenvalue weighted by Gasteiger charge is -2.38. The molecule has 19 heavy (non-hydrogen) atoms. The first-order chi connectivity index (χ1) is 9.04. The van der Waals surface area contributed by atoms with E-state index >= 15 is 0 Å². The summed E-state index contributed by atoms with van der Waals surface area (Å²) in [4.78, 5) is 14.7. The third kappa shape index (κ3) is 3.26. The molecule has 1 aliphatic heterocycles. The lowest BCUT2D eigenvalue weighted by Crippen LogP contribution is -2.52. The van der Waals surface area contributed by atoms with Gasteiger partial charge in [-0.1, -0.05) is 12.1 Å². The fourth-order valence-electron chi connectivity index (χ4n) is 2.41. The van der Waals surface area contributed by atoms with E-state index < -0.39 is 0 Å². The molecule has 104 valence electrons. The molecule has 0 bridgehead atoms. The molecule has 1 aromatic rings. The van der Waals surface area contributed by atoms with Gasteiger partial charge in [0, 0.05) is 18.6 Å². The average molecular weight is 262 g/mol. The molecule has 0 atom stereocenters. The van der Waals surface area contributed by atoms with Crippen LogP contribution in [0.2, 0.25) is 0 Å². The van der Waals surface area contributed by atoms with Crippen LogP contribution in [-0.2, 0) is 0 Å². The van der Waals surface area contributed by atoms with Crippen LogP contribution in [0.4, 0.5) is 0 Å². The summed E-state index contributed by atoms with van der Waals surface area (Å²) in [6.45, 7) is 4.15. The largest absolute Gasteiger partial charge is 0.496 e. The first kappa shape index (κ1) is 13.9. The third-order valence-corrected chi connectivity index (χ3v) is 3.86. The van der Waals surface area contributed by atoms with Crippen LogP contribution >= 0.6 is 0 Å². The number of benzene rings is 1. The fourth-order valence-corrected chi connectivity index (χ4v) is 2.41. The smallest absolute Gasteiger partial charge is 0.255 e. The van der Waals surface area contributed by atoms with Crippen molar-refractivity contribution in [1.29, 1.82) is 0 Å². The molecular formula is C15H22N2O2.